The van der Waals surface area contributed by atoms with Crippen LogP contribution in [0.3, 0.4) is 0 Å². The number of nitrogens with zero attached hydrogens (tertiary/aromatic N) is 1. The third-order valence-corrected chi connectivity index (χ3v) is 8.10. The molecule has 1 aliphatic heterocycles. The molecule has 2 nitrogen and oxygen atoms in total. The van der Waals surface area contributed by atoms with E-state index in [2.05, 4.69) is 43.7 Å². The maximum atomic E-state index is 12.8. The molecule has 2 aliphatic rings. The topological polar surface area (TPSA) is 20.3 Å². The van der Waals surface area contributed by atoms with Crippen molar-refractivity contribution in [1.82, 2.24) is 4.90 Å². The quantitative estimate of drug-likeness (QED) is 0.602. The lowest BCUT2D eigenvalue weighted by atomic mass is 9.72. The van der Waals surface area contributed by atoms with Crippen molar-refractivity contribution in [1.29, 1.82) is 0 Å². The zero-order valence-electron chi connectivity index (χ0n) is 11.6. The maximum Gasteiger partial charge on any atom is 0.264 e. The Morgan fingerprint density at radius 2 is 2.05 bits per heavy atom. The van der Waals surface area contributed by atoms with E-state index in [1.807, 2.05) is 6.07 Å². The Bertz CT molecular complexity index is 496. The van der Waals surface area contributed by atoms with Crippen LogP contribution in [0.1, 0.15) is 48.7 Å². The fraction of sp³-hybridized carbons (Fsp3) is 0.667. The van der Waals surface area contributed by atoms with Crippen LogP contribution in [0.5, 0.6) is 0 Å². The van der Waals surface area contributed by atoms with Gasteiger partial charge < -0.3 is 4.90 Å². The largest absolute Gasteiger partial charge is 0.335 e. The van der Waals surface area contributed by atoms with Crippen molar-refractivity contribution in [2.75, 3.05) is 6.54 Å². The van der Waals surface area contributed by atoms with E-state index in [4.69, 9.17) is 0 Å². The summed E-state index contributed by atoms with van der Waals surface area (Å²) in [7, 11) is 0. The van der Waals surface area contributed by atoms with Crippen LogP contribution in [-0.2, 0) is 0 Å². The molecule has 0 spiro atoms. The number of hydrogen-bond donors (Lipinski definition) is 0. The van der Waals surface area contributed by atoms with Crippen LogP contribution in [-0.4, -0.2) is 23.4 Å². The molecule has 0 bridgehead atoms. The van der Waals surface area contributed by atoms with Crippen molar-refractivity contribution in [3.8, 4) is 0 Å². The van der Waals surface area contributed by atoms with Gasteiger partial charge in [-0.3, -0.25) is 4.79 Å². The van der Waals surface area contributed by atoms with E-state index in [-0.39, 0.29) is 5.91 Å². The van der Waals surface area contributed by atoms with Gasteiger partial charge in [-0.05, 0) is 69.0 Å². The third kappa shape index (κ3) is 2.73. The van der Waals surface area contributed by atoms with Gasteiger partial charge in [0.1, 0.15) is 0 Å². The number of halogens is 2. The van der Waals surface area contributed by atoms with Gasteiger partial charge in [-0.15, -0.1) is 11.3 Å². The van der Waals surface area contributed by atoms with Gasteiger partial charge in [-0.2, -0.15) is 0 Å². The molecule has 110 valence electrons. The first-order chi connectivity index (χ1) is 9.58. The summed E-state index contributed by atoms with van der Waals surface area (Å²) in [4.78, 5) is 15.8. The summed E-state index contributed by atoms with van der Waals surface area (Å²) < 4.78 is 1.99. The number of rotatable bonds is 1. The second-order valence-corrected chi connectivity index (χ2v) is 9.24. The highest BCUT2D eigenvalue weighted by atomic mass is 79.9. The fourth-order valence-electron chi connectivity index (χ4n) is 3.76. The zero-order chi connectivity index (χ0) is 14.3. The van der Waals surface area contributed by atoms with Crippen LogP contribution in [0.15, 0.2) is 14.3 Å². The first kappa shape index (κ1) is 15.0. The number of carbonyl (C=O) groups excluding carboxylic acids is 1. The lowest BCUT2D eigenvalue weighted by Gasteiger charge is -2.47. The molecule has 3 atom stereocenters. The predicted octanol–water partition coefficient (Wildman–Crippen LogP) is 5.31. The molecule has 3 rings (SSSR count). The molecule has 20 heavy (non-hydrogen) atoms. The van der Waals surface area contributed by atoms with E-state index in [9.17, 15) is 4.79 Å². The molecule has 1 aliphatic carbocycles. The van der Waals surface area contributed by atoms with Crippen LogP contribution in [0.4, 0.5) is 0 Å². The average molecular weight is 421 g/mol. The standard InChI is InChI=1S/C15H19Br2NOS/c1-9-6-7-18(12-5-3-2-4-10(9)12)15(19)13-8-11(16)14(17)20-13/h8-10,12H,2-7H2,1H3. The smallest absolute Gasteiger partial charge is 0.264 e. The second kappa shape index (κ2) is 6.09. The molecular weight excluding hydrogens is 402 g/mol. The number of likely N-dealkylation sites (tertiary alicyclic amines) is 1. The van der Waals surface area contributed by atoms with Gasteiger partial charge in [0.05, 0.1) is 8.66 Å². The van der Waals surface area contributed by atoms with Gasteiger partial charge in [-0.25, -0.2) is 0 Å². The molecule has 0 aromatic carbocycles. The molecule has 1 aromatic rings. The number of fused-ring (bicyclic) bond motifs is 1. The summed E-state index contributed by atoms with van der Waals surface area (Å²) in [5.41, 5.74) is 0. The van der Waals surface area contributed by atoms with Crippen molar-refractivity contribution >= 4 is 49.1 Å². The Morgan fingerprint density at radius 3 is 2.75 bits per heavy atom. The predicted molar refractivity (Wildman–Crippen MR) is 90.3 cm³/mol. The lowest BCUT2D eigenvalue weighted by Crippen LogP contribution is -2.52. The van der Waals surface area contributed by atoms with Gasteiger partial charge in [0, 0.05) is 17.1 Å². The molecule has 0 N–H and O–H groups in total. The molecule has 1 saturated heterocycles. The molecule has 1 amide bonds. The Morgan fingerprint density at radius 1 is 1.30 bits per heavy atom. The summed E-state index contributed by atoms with van der Waals surface area (Å²) in [5.74, 6) is 1.71. The third-order valence-electron chi connectivity index (χ3n) is 4.85. The minimum atomic E-state index is 0.227. The molecule has 3 unspecified atom stereocenters. The van der Waals surface area contributed by atoms with E-state index in [1.54, 1.807) is 0 Å². The Balaban J connectivity index is 1.83. The fourth-order valence-corrected chi connectivity index (χ4v) is 5.75. The first-order valence-corrected chi connectivity index (χ1v) is 9.74. The number of piperidine rings is 1. The van der Waals surface area contributed by atoms with Gasteiger partial charge in [0.2, 0.25) is 0 Å². The summed E-state index contributed by atoms with van der Waals surface area (Å²) in [6.07, 6.45) is 6.25. The van der Waals surface area contributed by atoms with Crippen LogP contribution < -0.4 is 0 Å². The normalized spacial score (nSPS) is 30.1. The van der Waals surface area contributed by atoms with E-state index in [0.29, 0.717) is 12.0 Å². The highest BCUT2D eigenvalue weighted by Crippen LogP contribution is 2.40. The summed E-state index contributed by atoms with van der Waals surface area (Å²) >= 11 is 8.50. The molecule has 5 heteroatoms. The van der Waals surface area contributed by atoms with E-state index in [1.165, 1.54) is 37.0 Å². The second-order valence-electron chi connectivity index (χ2n) is 6.01. The molecular formula is C15H19Br2NOS. The Hall–Kier alpha value is 0.130. The summed E-state index contributed by atoms with van der Waals surface area (Å²) in [5, 5.41) is 0. The Labute approximate surface area is 141 Å². The highest BCUT2D eigenvalue weighted by molar-refractivity contribution is 9.13. The molecule has 2 heterocycles. The van der Waals surface area contributed by atoms with Crippen molar-refractivity contribution in [3.63, 3.8) is 0 Å². The molecule has 1 aromatic heterocycles. The van der Waals surface area contributed by atoms with Gasteiger partial charge >= 0.3 is 0 Å². The van der Waals surface area contributed by atoms with Gasteiger partial charge in [-0.1, -0.05) is 19.8 Å². The monoisotopic (exact) mass is 419 g/mol. The van der Waals surface area contributed by atoms with Gasteiger partial charge in [0.15, 0.2) is 0 Å². The van der Waals surface area contributed by atoms with Crippen molar-refractivity contribution in [2.45, 2.75) is 45.1 Å². The summed E-state index contributed by atoms with van der Waals surface area (Å²) in [6.45, 7) is 3.29. The number of hydrogen-bond acceptors (Lipinski definition) is 2. The maximum absolute atomic E-state index is 12.8. The average Bonchev–Trinajstić information content (AvgIpc) is 2.79. The minimum absolute atomic E-state index is 0.227. The first-order valence-electron chi connectivity index (χ1n) is 7.33. The van der Waals surface area contributed by atoms with E-state index in [0.717, 1.165) is 32.0 Å². The Kier molecular flexibility index (Phi) is 4.58. The molecule has 0 radical (unpaired) electrons. The van der Waals surface area contributed by atoms with Crippen LogP contribution in [0.2, 0.25) is 0 Å². The van der Waals surface area contributed by atoms with Crippen molar-refractivity contribution in [2.24, 2.45) is 11.8 Å². The number of carbonyl (C=O) groups is 1. The van der Waals surface area contributed by atoms with E-state index >= 15 is 0 Å². The summed E-state index contributed by atoms with van der Waals surface area (Å²) in [6, 6.07) is 2.42. The molecule has 2 fully saturated rings. The number of amides is 1. The van der Waals surface area contributed by atoms with E-state index < -0.39 is 0 Å². The SMILES string of the molecule is CC1CCN(C(=O)c2cc(Br)c(Br)s2)C2CCCCC12. The van der Waals surface area contributed by atoms with Crippen LogP contribution >= 0.6 is 43.2 Å². The van der Waals surface area contributed by atoms with Gasteiger partial charge in [0.25, 0.3) is 5.91 Å². The highest BCUT2D eigenvalue weighted by Gasteiger charge is 2.39. The van der Waals surface area contributed by atoms with Crippen LogP contribution in [0.25, 0.3) is 0 Å². The molecule has 1 saturated carbocycles. The zero-order valence-corrected chi connectivity index (χ0v) is 15.6. The van der Waals surface area contributed by atoms with Crippen LogP contribution in [0, 0.1) is 11.8 Å². The number of thiophene rings is 1. The van der Waals surface area contributed by atoms with Crippen molar-refractivity contribution in [3.05, 3.63) is 19.2 Å². The lowest BCUT2D eigenvalue weighted by molar-refractivity contribution is 0.0221. The minimum Gasteiger partial charge on any atom is -0.335 e. The van der Waals surface area contributed by atoms with Crippen molar-refractivity contribution < 1.29 is 4.79 Å².